The van der Waals surface area contributed by atoms with Crippen LogP contribution in [-0.4, -0.2) is 69.4 Å². The molecule has 0 bridgehead atoms. The molecule has 0 aliphatic heterocycles. The number of amides is 1. The number of likely N-dealkylation sites (N-methyl/N-ethyl adjacent to an activating group) is 1. The first-order chi connectivity index (χ1) is 41.4. The van der Waals surface area contributed by atoms with Crippen molar-refractivity contribution in [3.8, 4) is 0 Å². The Bertz CT molecular complexity index is 1780. The average molecular weight is 1210 g/mol. The molecule has 3 unspecified atom stereocenters. The Morgan fingerprint density at radius 2 is 0.753 bits per heavy atom. The summed E-state index contributed by atoms with van der Waals surface area (Å²) in [5.41, 5.74) is 0. The molecule has 1 N–H and O–H groups in total. The van der Waals surface area contributed by atoms with E-state index in [0.717, 1.165) is 89.9 Å². The number of quaternary nitrogens is 1. The Morgan fingerprint density at radius 1 is 0.424 bits per heavy atom. The van der Waals surface area contributed by atoms with E-state index in [-0.39, 0.29) is 24.9 Å². The quantitative estimate of drug-likeness (QED) is 0.0212. The maximum Gasteiger partial charge on any atom is 0.306 e. The van der Waals surface area contributed by atoms with E-state index < -0.39 is 26.6 Å². The van der Waals surface area contributed by atoms with E-state index >= 15 is 0 Å². The summed E-state index contributed by atoms with van der Waals surface area (Å²) in [6, 6.07) is -0.912. The predicted octanol–water partition coefficient (Wildman–Crippen LogP) is 22.0. The van der Waals surface area contributed by atoms with Crippen molar-refractivity contribution in [2.75, 3.05) is 40.9 Å². The number of phosphoric ester groups is 1. The van der Waals surface area contributed by atoms with Crippen molar-refractivity contribution in [3.63, 3.8) is 0 Å². The largest absolute Gasteiger partial charge is 0.756 e. The Morgan fingerprint density at radius 3 is 1.15 bits per heavy atom. The molecule has 0 aliphatic carbocycles. The highest BCUT2D eigenvalue weighted by molar-refractivity contribution is 7.45. The van der Waals surface area contributed by atoms with Crippen LogP contribution in [-0.2, 0) is 27.9 Å². The molecule has 0 radical (unpaired) electrons. The van der Waals surface area contributed by atoms with E-state index in [2.05, 4.69) is 111 Å². The van der Waals surface area contributed by atoms with Crippen molar-refractivity contribution in [2.24, 2.45) is 0 Å². The van der Waals surface area contributed by atoms with E-state index in [1.807, 2.05) is 33.3 Å². The minimum absolute atomic E-state index is 0.0324. The van der Waals surface area contributed by atoms with Crippen molar-refractivity contribution in [1.29, 1.82) is 0 Å². The molecule has 10 heteroatoms. The first-order valence-electron chi connectivity index (χ1n) is 35.5. The van der Waals surface area contributed by atoms with Gasteiger partial charge < -0.3 is 28.5 Å². The summed E-state index contributed by atoms with van der Waals surface area (Å²) >= 11 is 0. The first kappa shape index (κ1) is 81.9. The molecule has 0 rings (SSSR count). The Kier molecular flexibility index (Phi) is 61.6. The van der Waals surface area contributed by atoms with Gasteiger partial charge in [-0.25, -0.2) is 0 Å². The van der Waals surface area contributed by atoms with Gasteiger partial charge in [0, 0.05) is 12.8 Å². The van der Waals surface area contributed by atoms with Crippen LogP contribution in [0, 0.1) is 0 Å². The van der Waals surface area contributed by atoms with Crippen molar-refractivity contribution >= 4 is 19.7 Å². The van der Waals surface area contributed by atoms with Gasteiger partial charge in [-0.2, -0.15) is 0 Å². The van der Waals surface area contributed by atoms with Crippen molar-refractivity contribution in [1.82, 2.24) is 5.32 Å². The van der Waals surface area contributed by atoms with E-state index in [1.165, 1.54) is 186 Å². The van der Waals surface area contributed by atoms with E-state index in [1.54, 1.807) is 0 Å². The first-order valence-corrected chi connectivity index (χ1v) is 37.0. The summed E-state index contributed by atoms with van der Waals surface area (Å²) in [7, 11) is 1.16. The highest BCUT2D eigenvalue weighted by Gasteiger charge is 2.27. The zero-order chi connectivity index (χ0) is 62.1. The third-order valence-electron chi connectivity index (χ3n) is 15.5. The predicted molar refractivity (Wildman–Crippen MR) is 367 cm³/mol. The normalized spacial score (nSPS) is 14.1. The Hall–Kier alpha value is -3.07. The molecule has 9 nitrogen and oxygen atoms in total. The topological polar surface area (TPSA) is 114 Å². The van der Waals surface area contributed by atoms with Crippen LogP contribution >= 0.6 is 7.82 Å². The van der Waals surface area contributed by atoms with Gasteiger partial charge in [0.15, 0.2) is 0 Å². The lowest BCUT2D eigenvalue weighted by Crippen LogP contribution is -2.47. The molecular formula is C75H135N2O7P. The number of esters is 1. The monoisotopic (exact) mass is 1210 g/mol. The van der Waals surface area contributed by atoms with Crippen LogP contribution in [0.2, 0.25) is 0 Å². The van der Waals surface area contributed by atoms with Crippen LogP contribution in [0.3, 0.4) is 0 Å². The number of hydrogen-bond acceptors (Lipinski definition) is 7. The second-order valence-electron chi connectivity index (χ2n) is 25.0. The van der Waals surface area contributed by atoms with E-state index in [9.17, 15) is 19.0 Å². The third kappa shape index (κ3) is 65.2. The summed E-state index contributed by atoms with van der Waals surface area (Å²) in [4.78, 5) is 40.2. The molecular weight excluding hydrogens is 1070 g/mol. The standard InChI is InChI=1S/C75H135N2O7P/c1-7-10-13-16-19-22-25-28-30-32-34-36-37-38-39-41-42-44-46-49-52-55-58-61-64-67-74(78)76-72(71-83-85(80,81)82-70-69-77(4,5)6)73(66-63-60-57-54-51-48-27-24-21-18-15-12-9-3)84-75(79)68-65-62-59-56-53-50-47-45-43-40-35-33-31-29-26-23-20-17-14-11-8-2/h11,14,20,23,28-31,35,40,45,47,53,56,63,66,72-73H,7-10,12-13,15-19,21-22,24-27,32-34,36-39,41-44,46,48-52,54-55,57-62,64-65,67-71H2,1-6H3,(H-,76,78,80,81)/b14-11-,23-20-,30-28+,31-29-,40-35-,47-45-,56-53-,66-63-. The summed E-state index contributed by atoms with van der Waals surface area (Å²) in [5.74, 6) is -0.586. The highest BCUT2D eigenvalue weighted by atomic mass is 31.2. The van der Waals surface area contributed by atoms with Crippen molar-refractivity contribution in [2.45, 2.75) is 328 Å². The number of phosphoric acid groups is 1. The zero-order valence-electron chi connectivity index (χ0n) is 56.3. The van der Waals surface area contributed by atoms with Gasteiger partial charge in [-0.3, -0.25) is 14.2 Å². The SMILES string of the molecule is CC/C=C\C/C=C\C/C=C\C/C=C\C/C=C\C/C=C\CCCCC(=O)OC(/C=C\CCCCCCCCCCCCC)C(COP(=O)([O-])OCC[N+](C)(C)C)NC(=O)CCCCCCCCCCCCCCCCC/C=C/CCCCCCCC. The minimum atomic E-state index is -4.72. The summed E-state index contributed by atoms with van der Waals surface area (Å²) < 4.78 is 30.4. The van der Waals surface area contributed by atoms with Crippen molar-refractivity contribution in [3.05, 3.63) is 97.2 Å². The smallest absolute Gasteiger partial charge is 0.306 e. The zero-order valence-corrected chi connectivity index (χ0v) is 57.2. The van der Waals surface area contributed by atoms with Gasteiger partial charge in [0.05, 0.1) is 33.8 Å². The van der Waals surface area contributed by atoms with Gasteiger partial charge in [0.2, 0.25) is 5.91 Å². The minimum Gasteiger partial charge on any atom is -0.756 e. The maximum atomic E-state index is 13.6. The number of nitrogens with zero attached hydrogens (tertiary/aromatic N) is 1. The summed E-state index contributed by atoms with van der Waals surface area (Å²) in [6.07, 6.45) is 86.8. The van der Waals surface area contributed by atoms with E-state index in [0.29, 0.717) is 23.9 Å². The Labute approximate surface area is 526 Å². The fourth-order valence-corrected chi connectivity index (χ4v) is 10.8. The van der Waals surface area contributed by atoms with Crippen LogP contribution in [0.15, 0.2) is 97.2 Å². The van der Waals surface area contributed by atoms with Crippen LogP contribution in [0.5, 0.6) is 0 Å². The van der Waals surface area contributed by atoms with Crippen LogP contribution in [0.25, 0.3) is 0 Å². The molecule has 0 aliphatic rings. The number of carbonyl (C=O) groups is 2. The van der Waals surface area contributed by atoms with Gasteiger partial charge in [0.1, 0.15) is 19.3 Å². The fourth-order valence-electron chi connectivity index (χ4n) is 10.1. The number of hydrogen-bond donors (Lipinski definition) is 1. The number of carbonyl (C=O) groups excluding carboxylic acids is 2. The lowest BCUT2D eigenvalue weighted by Gasteiger charge is -2.30. The molecule has 1 amide bonds. The van der Waals surface area contributed by atoms with Gasteiger partial charge in [-0.05, 0) is 109 Å². The van der Waals surface area contributed by atoms with Crippen molar-refractivity contribution < 1.29 is 37.3 Å². The van der Waals surface area contributed by atoms with Crippen LogP contribution < -0.4 is 10.2 Å². The molecule has 0 spiro atoms. The molecule has 3 atom stereocenters. The molecule has 85 heavy (non-hydrogen) atoms. The second kappa shape index (κ2) is 63.9. The maximum absolute atomic E-state index is 13.6. The van der Waals surface area contributed by atoms with Gasteiger partial charge >= 0.3 is 5.97 Å². The van der Waals surface area contributed by atoms with E-state index in [4.69, 9.17) is 13.8 Å². The van der Waals surface area contributed by atoms with Crippen LogP contribution in [0.1, 0.15) is 316 Å². The highest BCUT2D eigenvalue weighted by Crippen LogP contribution is 2.38. The summed E-state index contributed by atoms with van der Waals surface area (Å²) in [5, 5.41) is 3.03. The second-order valence-corrected chi connectivity index (χ2v) is 26.4. The molecule has 492 valence electrons. The van der Waals surface area contributed by atoms with Gasteiger partial charge in [-0.1, -0.05) is 292 Å². The molecule has 0 saturated heterocycles. The number of rotatable bonds is 64. The Balaban J connectivity index is 5.17. The number of ether oxygens (including phenoxy) is 1. The molecule has 0 saturated carbocycles. The summed E-state index contributed by atoms with van der Waals surface area (Å²) in [6.45, 7) is 6.72. The average Bonchev–Trinajstić information content (AvgIpc) is 3.48. The lowest BCUT2D eigenvalue weighted by molar-refractivity contribution is -0.870. The van der Waals surface area contributed by atoms with Crippen LogP contribution in [0.4, 0.5) is 0 Å². The van der Waals surface area contributed by atoms with Gasteiger partial charge in [-0.15, -0.1) is 0 Å². The number of nitrogens with one attached hydrogen (secondary N) is 1. The lowest BCUT2D eigenvalue weighted by atomic mass is 10.0. The third-order valence-corrected chi connectivity index (χ3v) is 16.5. The number of unbranched alkanes of at least 4 members (excludes halogenated alkanes) is 34. The molecule has 0 aromatic rings. The molecule has 0 fully saturated rings. The molecule has 0 aromatic carbocycles. The fraction of sp³-hybridized carbons (Fsp3) is 0.760. The molecule has 0 aromatic heterocycles. The number of allylic oxidation sites excluding steroid dienone is 15. The molecule has 0 heterocycles. The van der Waals surface area contributed by atoms with Gasteiger partial charge in [0.25, 0.3) is 7.82 Å².